The summed E-state index contributed by atoms with van der Waals surface area (Å²) in [6.07, 6.45) is 1.54. The summed E-state index contributed by atoms with van der Waals surface area (Å²) < 4.78 is 11.8. The number of benzene rings is 3. The molecule has 0 spiro atoms. The van der Waals surface area contributed by atoms with Gasteiger partial charge in [0.05, 0.1) is 27.7 Å². The first kappa shape index (κ1) is 24.9. The summed E-state index contributed by atoms with van der Waals surface area (Å²) in [7, 11) is 0. The Labute approximate surface area is 223 Å². The van der Waals surface area contributed by atoms with Crippen molar-refractivity contribution in [2.75, 3.05) is 4.90 Å². The lowest BCUT2D eigenvalue weighted by molar-refractivity contribution is 0.0696. The lowest BCUT2D eigenvalue weighted by Gasteiger charge is -2.16. The Hall–Kier alpha value is -3.81. The van der Waals surface area contributed by atoms with Crippen LogP contribution in [0.15, 0.2) is 65.2 Å². The van der Waals surface area contributed by atoms with Crippen molar-refractivity contribution in [2.24, 2.45) is 0 Å². The molecule has 37 heavy (non-hydrogen) atoms. The number of rotatable bonds is 8. The number of hydrogen-bond donors (Lipinski definition) is 1. The van der Waals surface area contributed by atoms with Gasteiger partial charge in [0, 0.05) is 23.2 Å². The number of anilines is 1. The van der Waals surface area contributed by atoms with Crippen molar-refractivity contribution >= 4 is 40.8 Å². The van der Waals surface area contributed by atoms with Gasteiger partial charge < -0.3 is 19.3 Å². The van der Waals surface area contributed by atoms with Crippen molar-refractivity contribution in [1.29, 1.82) is 0 Å². The highest BCUT2D eigenvalue weighted by Crippen LogP contribution is 2.38. The molecule has 1 N–H and O–H groups in total. The van der Waals surface area contributed by atoms with E-state index in [0.29, 0.717) is 57.0 Å². The minimum atomic E-state index is -1.05. The third-order valence-electron chi connectivity index (χ3n) is 6.21. The van der Waals surface area contributed by atoms with E-state index < -0.39 is 5.97 Å². The summed E-state index contributed by atoms with van der Waals surface area (Å²) in [5.74, 6) is 0.0428. The van der Waals surface area contributed by atoms with Gasteiger partial charge in [-0.2, -0.15) is 0 Å². The number of carbonyl (C=O) groups is 2. The lowest BCUT2D eigenvalue weighted by Crippen LogP contribution is -2.23. The molecular formula is C28H22Cl2N2O5. The van der Waals surface area contributed by atoms with E-state index in [0.717, 1.165) is 17.5 Å². The van der Waals surface area contributed by atoms with E-state index >= 15 is 0 Å². The molecule has 0 aliphatic carbocycles. The highest BCUT2D eigenvalue weighted by Gasteiger charge is 2.29. The van der Waals surface area contributed by atoms with E-state index in [2.05, 4.69) is 5.16 Å². The predicted octanol–water partition coefficient (Wildman–Crippen LogP) is 7.04. The van der Waals surface area contributed by atoms with Gasteiger partial charge in [-0.05, 0) is 60.5 Å². The first-order valence-electron chi connectivity index (χ1n) is 11.7. The zero-order chi connectivity index (χ0) is 26.1. The molecule has 1 aliphatic heterocycles. The SMILES string of the molecule is CCCc1onc(-c2c(Cl)cccc2Cl)c1COc1ccc2c(c1)CN(c1cccc(C(=O)O)c1)C2=O. The molecule has 0 unspecified atom stereocenters. The minimum absolute atomic E-state index is 0.122. The van der Waals surface area contributed by atoms with Crippen LogP contribution in [0.1, 0.15) is 50.9 Å². The number of hydrogen-bond acceptors (Lipinski definition) is 5. The van der Waals surface area contributed by atoms with Gasteiger partial charge in [0.15, 0.2) is 0 Å². The molecule has 1 amide bonds. The Kier molecular flexibility index (Phi) is 6.91. The number of ether oxygens (including phenoxy) is 1. The summed E-state index contributed by atoms with van der Waals surface area (Å²) in [4.78, 5) is 25.9. The Morgan fingerprint density at radius 3 is 2.59 bits per heavy atom. The highest BCUT2D eigenvalue weighted by atomic mass is 35.5. The van der Waals surface area contributed by atoms with Gasteiger partial charge in [0.2, 0.25) is 0 Å². The molecule has 0 saturated carbocycles. The summed E-state index contributed by atoms with van der Waals surface area (Å²) in [6, 6.07) is 16.9. The van der Waals surface area contributed by atoms with Crippen LogP contribution in [0.2, 0.25) is 10.0 Å². The van der Waals surface area contributed by atoms with Gasteiger partial charge in [0.25, 0.3) is 5.91 Å². The van der Waals surface area contributed by atoms with Crippen LogP contribution >= 0.6 is 23.2 Å². The number of aromatic carboxylic acids is 1. The fourth-order valence-electron chi connectivity index (χ4n) is 4.39. The van der Waals surface area contributed by atoms with Crippen LogP contribution < -0.4 is 9.64 Å². The van der Waals surface area contributed by atoms with Gasteiger partial charge in [-0.25, -0.2) is 4.79 Å². The zero-order valence-corrected chi connectivity index (χ0v) is 21.3. The van der Waals surface area contributed by atoms with E-state index in [1.165, 1.54) is 12.1 Å². The topological polar surface area (TPSA) is 92.9 Å². The molecule has 2 heterocycles. The molecule has 0 saturated heterocycles. The maximum Gasteiger partial charge on any atom is 0.335 e. The normalized spacial score (nSPS) is 12.6. The molecule has 3 aromatic carbocycles. The molecule has 9 heteroatoms. The molecular weight excluding hydrogens is 515 g/mol. The number of carboxylic acids is 1. The smallest absolute Gasteiger partial charge is 0.335 e. The molecule has 0 bridgehead atoms. The number of fused-ring (bicyclic) bond motifs is 1. The maximum atomic E-state index is 13.0. The van der Waals surface area contributed by atoms with Crippen LogP contribution in [-0.4, -0.2) is 22.1 Å². The molecule has 188 valence electrons. The second kappa shape index (κ2) is 10.3. The fraction of sp³-hybridized carbons (Fsp3) is 0.179. The standard InChI is InChI=1S/C28H22Cl2N2O5/c1-2-5-24-21(26(31-37-24)25-22(29)8-4-9-23(25)30)15-36-19-10-11-20-17(13-19)14-32(27(20)33)18-7-3-6-16(12-18)28(34)35/h3-4,6-13H,2,5,14-15H2,1H3,(H,34,35). The summed E-state index contributed by atoms with van der Waals surface area (Å²) in [6.45, 7) is 2.53. The molecule has 7 nitrogen and oxygen atoms in total. The molecule has 5 rings (SSSR count). The van der Waals surface area contributed by atoms with Crippen LogP contribution in [0.5, 0.6) is 5.75 Å². The van der Waals surface area contributed by atoms with E-state index in [1.807, 2.05) is 13.0 Å². The predicted molar refractivity (Wildman–Crippen MR) is 141 cm³/mol. The molecule has 0 radical (unpaired) electrons. The minimum Gasteiger partial charge on any atom is -0.489 e. The molecule has 0 fully saturated rings. The van der Waals surface area contributed by atoms with Crippen LogP contribution in [0.4, 0.5) is 5.69 Å². The number of halogens is 2. The maximum absolute atomic E-state index is 13.0. The van der Waals surface area contributed by atoms with E-state index in [-0.39, 0.29) is 18.1 Å². The summed E-state index contributed by atoms with van der Waals surface area (Å²) in [5, 5.41) is 14.5. The number of nitrogens with zero attached hydrogens (tertiary/aromatic N) is 2. The van der Waals surface area contributed by atoms with Crippen molar-refractivity contribution < 1.29 is 24.0 Å². The van der Waals surface area contributed by atoms with Crippen molar-refractivity contribution in [1.82, 2.24) is 5.16 Å². The van der Waals surface area contributed by atoms with Crippen molar-refractivity contribution in [3.63, 3.8) is 0 Å². The van der Waals surface area contributed by atoms with Crippen molar-refractivity contribution in [3.8, 4) is 17.0 Å². The Morgan fingerprint density at radius 1 is 1.11 bits per heavy atom. The lowest BCUT2D eigenvalue weighted by atomic mass is 10.0. The third kappa shape index (κ3) is 4.80. The van der Waals surface area contributed by atoms with E-state index in [4.69, 9.17) is 32.5 Å². The van der Waals surface area contributed by atoms with Gasteiger partial charge in [0.1, 0.15) is 23.8 Å². The van der Waals surface area contributed by atoms with Gasteiger partial charge in [-0.1, -0.05) is 47.4 Å². The first-order chi connectivity index (χ1) is 17.9. The number of carboxylic acid groups (broad SMARTS) is 1. The number of aromatic nitrogens is 1. The van der Waals surface area contributed by atoms with Crippen LogP contribution in [0, 0.1) is 0 Å². The molecule has 0 atom stereocenters. The Morgan fingerprint density at radius 2 is 1.86 bits per heavy atom. The van der Waals surface area contributed by atoms with Crippen LogP contribution in [0.25, 0.3) is 11.3 Å². The van der Waals surface area contributed by atoms with Crippen molar-refractivity contribution in [2.45, 2.75) is 32.9 Å². The first-order valence-corrected chi connectivity index (χ1v) is 12.5. The van der Waals surface area contributed by atoms with Crippen LogP contribution in [-0.2, 0) is 19.6 Å². The fourth-order valence-corrected chi connectivity index (χ4v) is 4.97. The van der Waals surface area contributed by atoms with E-state index in [9.17, 15) is 14.7 Å². The molecule has 1 aliphatic rings. The van der Waals surface area contributed by atoms with E-state index in [1.54, 1.807) is 47.4 Å². The largest absolute Gasteiger partial charge is 0.489 e. The zero-order valence-electron chi connectivity index (χ0n) is 19.8. The second-order valence-corrected chi connectivity index (χ2v) is 9.45. The van der Waals surface area contributed by atoms with Crippen LogP contribution in [0.3, 0.4) is 0 Å². The Balaban J connectivity index is 1.40. The third-order valence-corrected chi connectivity index (χ3v) is 6.84. The van der Waals surface area contributed by atoms with Gasteiger partial charge >= 0.3 is 5.97 Å². The highest BCUT2D eigenvalue weighted by molar-refractivity contribution is 6.39. The van der Waals surface area contributed by atoms with Gasteiger partial charge in [-0.3, -0.25) is 4.79 Å². The van der Waals surface area contributed by atoms with Crippen molar-refractivity contribution in [3.05, 3.63) is 98.7 Å². The molecule has 4 aromatic rings. The monoisotopic (exact) mass is 536 g/mol. The average molecular weight is 537 g/mol. The second-order valence-electron chi connectivity index (χ2n) is 8.63. The summed E-state index contributed by atoms with van der Waals surface area (Å²) in [5.41, 5.74) is 3.88. The number of aryl methyl sites for hydroxylation is 1. The quantitative estimate of drug-likeness (QED) is 0.259. The number of amides is 1. The molecule has 1 aromatic heterocycles. The Bertz CT molecular complexity index is 1490. The van der Waals surface area contributed by atoms with Gasteiger partial charge in [-0.15, -0.1) is 0 Å². The summed E-state index contributed by atoms with van der Waals surface area (Å²) >= 11 is 12.9. The average Bonchev–Trinajstić information content (AvgIpc) is 3.43. The number of carbonyl (C=O) groups excluding carboxylic acids is 1.